The van der Waals surface area contributed by atoms with E-state index >= 15 is 0 Å². The lowest BCUT2D eigenvalue weighted by molar-refractivity contribution is -0.134. The van der Waals surface area contributed by atoms with Gasteiger partial charge in [0.25, 0.3) is 0 Å². The van der Waals surface area contributed by atoms with Gasteiger partial charge in [0.2, 0.25) is 11.8 Å². The molecule has 2 aromatic rings. The fourth-order valence-electron chi connectivity index (χ4n) is 5.25. The summed E-state index contributed by atoms with van der Waals surface area (Å²) in [6.07, 6.45) is 6.88. The van der Waals surface area contributed by atoms with Crippen LogP contribution in [0.2, 0.25) is 0 Å². The summed E-state index contributed by atoms with van der Waals surface area (Å²) in [6, 6.07) is 9.03. The van der Waals surface area contributed by atoms with Crippen LogP contribution in [0.5, 0.6) is 0 Å². The number of carbonyl (C=O) groups is 2. The standard InChI is InChI=1S/C26H28F2N4O2/c27-20-5-6-22(28)19(17-20)4-7-24(33)31-11-8-26(9-12-31)18-21(26)25(34)32-15-13-30(14-16-32)23-3-1-2-10-29-23/h1-7,10,17,21H,8-9,11-16,18H2/b7-4+/t21-/m0/s1. The predicted molar refractivity (Wildman–Crippen MR) is 125 cm³/mol. The number of piperazine rings is 1. The van der Waals surface area contributed by atoms with Gasteiger partial charge in [-0.05, 0) is 61.1 Å². The molecule has 8 heteroatoms. The number of halogens is 2. The minimum atomic E-state index is -0.566. The topological polar surface area (TPSA) is 56.8 Å². The molecule has 3 aliphatic rings. The third-order valence-corrected chi connectivity index (χ3v) is 7.49. The molecule has 0 radical (unpaired) electrons. The molecule has 5 rings (SSSR count). The first-order valence-corrected chi connectivity index (χ1v) is 11.8. The van der Waals surface area contributed by atoms with Gasteiger partial charge in [-0.25, -0.2) is 13.8 Å². The largest absolute Gasteiger partial charge is 0.353 e. The number of piperidine rings is 1. The molecule has 34 heavy (non-hydrogen) atoms. The molecule has 178 valence electrons. The quantitative estimate of drug-likeness (QED) is 0.649. The van der Waals surface area contributed by atoms with Crippen LogP contribution in [-0.2, 0) is 9.59 Å². The summed E-state index contributed by atoms with van der Waals surface area (Å²) in [5, 5.41) is 0. The summed E-state index contributed by atoms with van der Waals surface area (Å²) in [5.74, 6) is -0.0966. The Balaban J connectivity index is 1.11. The number of likely N-dealkylation sites (tertiary alicyclic amines) is 1. The summed E-state index contributed by atoms with van der Waals surface area (Å²) in [4.78, 5) is 36.0. The molecule has 1 spiro atoms. The Bertz CT molecular complexity index is 1090. The van der Waals surface area contributed by atoms with Crippen molar-refractivity contribution >= 4 is 23.7 Å². The van der Waals surface area contributed by atoms with E-state index in [1.54, 1.807) is 11.1 Å². The number of rotatable bonds is 4. The average Bonchev–Trinajstić information content (AvgIpc) is 3.57. The molecule has 2 saturated heterocycles. The lowest BCUT2D eigenvalue weighted by atomic mass is 9.90. The number of benzene rings is 1. The second-order valence-electron chi connectivity index (χ2n) is 9.44. The van der Waals surface area contributed by atoms with Crippen LogP contribution in [0.4, 0.5) is 14.6 Å². The lowest BCUT2D eigenvalue weighted by Crippen LogP contribution is -2.50. The molecule has 0 unspecified atom stereocenters. The maximum atomic E-state index is 13.8. The molecule has 1 aromatic heterocycles. The van der Waals surface area contributed by atoms with E-state index in [0.29, 0.717) is 26.2 Å². The van der Waals surface area contributed by atoms with Crippen molar-refractivity contribution < 1.29 is 18.4 Å². The molecule has 6 nitrogen and oxygen atoms in total. The van der Waals surface area contributed by atoms with Gasteiger partial charge in [0.05, 0.1) is 0 Å². The van der Waals surface area contributed by atoms with Gasteiger partial charge in [-0.1, -0.05) is 6.07 Å². The van der Waals surface area contributed by atoms with Crippen LogP contribution in [0.3, 0.4) is 0 Å². The van der Waals surface area contributed by atoms with Gasteiger partial charge in [0.15, 0.2) is 0 Å². The Kier molecular flexibility index (Phi) is 6.06. The third kappa shape index (κ3) is 4.54. The number of aromatic nitrogens is 1. The Morgan fingerprint density at radius 1 is 0.971 bits per heavy atom. The molecule has 1 aliphatic carbocycles. The van der Waals surface area contributed by atoms with Crippen LogP contribution in [0, 0.1) is 23.0 Å². The van der Waals surface area contributed by atoms with Gasteiger partial charge in [-0.2, -0.15) is 0 Å². The molecule has 3 heterocycles. The van der Waals surface area contributed by atoms with E-state index in [1.807, 2.05) is 23.1 Å². The van der Waals surface area contributed by atoms with Crippen molar-refractivity contribution in [1.82, 2.24) is 14.8 Å². The van der Waals surface area contributed by atoms with Gasteiger partial charge < -0.3 is 14.7 Å². The predicted octanol–water partition coefficient (Wildman–Crippen LogP) is 3.35. The minimum Gasteiger partial charge on any atom is -0.353 e. The molecular formula is C26H28F2N4O2. The van der Waals surface area contributed by atoms with Gasteiger partial charge >= 0.3 is 0 Å². The molecule has 1 aromatic carbocycles. The molecule has 2 aliphatic heterocycles. The maximum absolute atomic E-state index is 13.8. The van der Waals surface area contributed by atoms with E-state index in [-0.39, 0.29) is 28.7 Å². The SMILES string of the molecule is O=C(/C=C/c1cc(F)ccc1F)N1CCC2(CC1)C[C@H]2C(=O)N1CCN(c2ccccn2)CC1. The molecule has 0 bridgehead atoms. The number of carbonyl (C=O) groups excluding carboxylic acids is 2. The molecule has 0 N–H and O–H groups in total. The van der Waals surface area contributed by atoms with Crippen LogP contribution in [0.15, 0.2) is 48.7 Å². The highest BCUT2D eigenvalue weighted by Crippen LogP contribution is 2.60. The Morgan fingerprint density at radius 3 is 2.44 bits per heavy atom. The summed E-state index contributed by atoms with van der Waals surface area (Å²) < 4.78 is 27.1. The first-order valence-electron chi connectivity index (χ1n) is 11.8. The highest BCUT2D eigenvalue weighted by Gasteiger charge is 2.59. The Labute approximate surface area is 197 Å². The van der Waals surface area contributed by atoms with E-state index in [4.69, 9.17) is 0 Å². The van der Waals surface area contributed by atoms with Crippen LogP contribution in [0.1, 0.15) is 24.8 Å². The molecule has 1 saturated carbocycles. The molecule has 3 fully saturated rings. The van der Waals surface area contributed by atoms with E-state index in [1.165, 1.54) is 12.2 Å². The van der Waals surface area contributed by atoms with Crippen molar-refractivity contribution in [1.29, 1.82) is 0 Å². The summed E-state index contributed by atoms with van der Waals surface area (Å²) in [6.45, 7) is 4.12. The maximum Gasteiger partial charge on any atom is 0.246 e. The zero-order valence-electron chi connectivity index (χ0n) is 19.0. The lowest BCUT2D eigenvalue weighted by Gasteiger charge is -2.37. The Morgan fingerprint density at radius 2 is 1.74 bits per heavy atom. The normalized spacial score (nSPS) is 21.8. The van der Waals surface area contributed by atoms with Crippen LogP contribution in [-0.4, -0.2) is 65.9 Å². The monoisotopic (exact) mass is 466 g/mol. The van der Waals surface area contributed by atoms with Crippen LogP contribution in [0.25, 0.3) is 6.08 Å². The fourth-order valence-corrected chi connectivity index (χ4v) is 5.25. The van der Waals surface area contributed by atoms with Crippen molar-refractivity contribution in [2.24, 2.45) is 11.3 Å². The second kappa shape index (κ2) is 9.16. The molecular weight excluding hydrogens is 438 g/mol. The molecule has 2 amide bonds. The van der Waals surface area contributed by atoms with Gasteiger partial charge in [0.1, 0.15) is 17.5 Å². The second-order valence-corrected chi connectivity index (χ2v) is 9.44. The first-order chi connectivity index (χ1) is 16.4. The number of hydrogen-bond acceptors (Lipinski definition) is 4. The average molecular weight is 467 g/mol. The number of amides is 2. The number of nitrogens with zero attached hydrogens (tertiary/aromatic N) is 4. The van der Waals surface area contributed by atoms with Crippen molar-refractivity contribution in [2.45, 2.75) is 19.3 Å². The zero-order valence-corrected chi connectivity index (χ0v) is 19.0. The van der Waals surface area contributed by atoms with Crippen LogP contribution < -0.4 is 4.90 Å². The van der Waals surface area contributed by atoms with E-state index < -0.39 is 11.6 Å². The Hall–Kier alpha value is -3.29. The van der Waals surface area contributed by atoms with E-state index in [0.717, 1.165) is 56.4 Å². The number of hydrogen-bond donors (Lipinski definition) is 0. The first kappa shape index (κ1) is 22.5. The summed E-state index contributed by atoms with van der Waals surface area (Å²) in [7, 11) is 0. The van der Waals surface area contributed by atoms with Crippen molar-refractivity contribution in [3.63, 3.8) is 0 Å². The molecule has 1 atom stereocenters. The fraction of sp³-hybridized carbons (Fsp3) is 0.423. The highest BCUT2D eigenvalue weighted by atomic mass is 19.1. The smallest absolute Gasteiger partial charge is 0.246 e. The highest BCUT2D eigenvalue weighted by molar-refractivity contribution is 5.92. The van der Waals surface area contributed by atoms with E-state index in [2.05, 4.69) is 9.88 Å². The number of pyridine rings is 1. The van der Waals surface area contributed by atoms with Crippen molar-refractivity contribution in [3.05, 3.63) is 65.9 Å². The summed E-state index contributed by atoms with van der Waals surface area (Å²) in [5.41, 5.74) is 0.0579. The number of anilines is 1. The third-order valence-electron chi connectivity index (χ3n) is 7.49. The zero-order chi connectivity index (χ0) is 23.7. The van der Waals surface area contributed by atoms with Gasteiger partial charge in [0, 0.05) is 63.0 Å². The van der Waals surface area contributed by atoms with Crippen molar-refractivity contribution in [2.75, 3.05) is 44.2 Å². The van der Waals surface area contributed by atoms with Gasteiger partial charge in [-0.3, -0.25) is 9.59 Å². The van der Waals surface area contributed by atoms with Crippen molar-refractivity contribution in [3.8, 4) is 0 Å². The van der Waals surface area contributed by atoms with Crippen LogP contribution >= 0.6 is 0 Å². The summed E-state index contributed by atoms with van der Waals surface area (Å²) >= 11 is 0. The van der Waals surface area contributed by atoms with E-state index in [9.17, 15) is 18.4 Å². The minimum absolute atomic E-state index is 0.00433. The van der Waals surface area contributed by atoms with Gasteiger partial charge in [-0.15, -0.1) is 0 Å².